The topological polar surface area (TPSA) is 115 Å². The lowest BCUT2D eigenvalue weighted by Gasteiger charge is -2.27. The lowest BCUT2D eigenvalue weighted by Crippen LogP contribution is -2.47. The van der Waals surface area contributed by atoms with Gasteiger partial charge in [0.05, 0.1) is 28.5 Å². The minimum absolute atomic E-state index is 0.0544. The standard InChI is InChI=1S/C22H19NO7S/c1-31(28,29)15-8-5-13(6-9-15)12-30-19-4-2-3-16-20(19)22(27)23(21(16)26)17-10-7-14(24)11-18(17)25/h2-6,8-9,17H,7,10-12H2,1H3. The van der Waals surface area contributed by atoms with E-state index in [9.17, 15) is 27.6 Å². The van der Waals surface area contributed by atoms with Gasteiger partial charge >= 0.3 is 0 Å². The Bertz CT molecular complexity index is 1210. The van der Waals surface area contributed by atoms with Crippen LogP contribution in [0.3, 0.4) is 0 Å². The highest BCUT2D eigenvalue weighted by Gasteiger charge is 2.45. The number of fused-ring (bicyclic) bond motifs is 1. The molecule has 1 unspecified atom stereocenters. The minimum atomic E-state index is -3.31. The van der Waals surface area contributed by atoms with Crippen LogP contribution in [0.4, 0.5) is 0 Å². The van der Waals surface area contributed by atoms with Gasteiger partial charge in [0.1, 0.15) is 18.1 Å². The Morgan fingerprint density at radius 1 is 1.00 bits per heavy atom. The van der Waals surface area contributed by atoms with Crippen LogP contribution in [-0.2, 0) is 26.0 Å². The van der Waals surface area contributed by atoms with E-state index in [1.165, 1.54) is 18.2 Å². The van der Waals surface area contributed by atoms with Gasteiger partial charge in [0, 0.05) is 12.7 Å². The molecule has 0 spiro atoms. The van der Waals surface area contributed by atoms with Crippen LogP contribution in [0.25, 0.3) is 0 Å². The Morgan fingerprint density at radius 2 is 1.71 bits per heavy atom. The highest BCUT2D eigenvalue weighted by Crippen LogP contribution is 2.34. The molecule has 0 saturated heterocycles. The van der Waals surface area contributed by atoms with Crippen LogP contribution >= 0.6 is 0 Å². The number of carbonyl (C=O) groups excluding carboxylic acids is 4. The maximum Gasteiger partial charge on any atom is 0.266 e. The molecule has 0 bridgehead atoms. The SMILES string of the molecule is CS(=O)(=O)c1ccc(COc2cccc3c2C(=O)N(C2CCC(=O)CC2=O)C3=O)cc1. The first-order valence-corrected chi connectivity index (χ1v) is 11.5. The zero-order valence-electron chi connectivity index (χ0n) is 16.7. The normalized spacial score (nSPS) is 19.0. The first-order chi connectivity index (χ1) is 14.7. The summed E-state index contributed by atoms with van der Waals surface area (Å²) >= 11 is 0. The number of hydrogen-bond donors (Lipinski definition) is 0. The van der Waals surface area contributed by atoms with Gasteiger partial charge in [-0.2, -0.15) is 0 Å². The molecule has 2 aromatic rings. The molecule has 8 nitrogen and oxygen atoms in total. The zero-order chi connectivity index (χ0) is 22.3. The number of amides is 2. The van der Waals surface area contributed by atoms with Crippen molar-refractivity contribution in [2.75, 3.05) is 6.26 Å². The van der Waals surface area contributed by atoms with Gasteiger partial charge in [-0.3, -0.25) is 24.1 Å². The average Bonchev–Trinajstić information content (AvgIpc) is 2.97. The monoisotopic (exact) mass is 441 g/mol. The Balaban J connectivity index is 1.56. The molecular weight excluding hydrogens is 422 g/mol. The molecular formula is C22H19NO7S. The lowest BCUT2D eigenvalue weighted by atomic mass is 9.92. The molecule has 1 heterocycles. The fourth-order valence-corrected chi connectivity index (χ4v) is 4.43. The van der Waals surface area contributed by atoms with Gasteiger partial charge in [-0.15, -0.1) is 0 Å². The summed E-state index contributed by atoms with van der Waals surface area (Å²) in [5.74, 6) is -1.61. The van der Waals surface area contributed by atoms with E-state index in [1.54, 1.807) is 24.3 Å². The number of sulfone groups is 1. The van der Waals surface area contributed by atoms with Crippen molar-refractivity contribution in [3.63, 3.8) is 0 Å². The molecule has 1 saturated carbocycles. The summed E-state index contributed by atoms with van der Waals surface area (Å²) < 4.78 is 28.9. The van der Waals surface area contributed by atoms with Crippen molar-refractivity contribution in [1.29, 1.82) is 0 Å². The fraction of sp³-hybridized carbons (Fsp3) is 0.273. The van der Waals surface area contributed by atoms with E-state index >= 15 is 0 Å². The third kappa shape index (κ3) is 3.88. The van der Waals surface area contributed by atoms with E-state index in [1.807, 2.05) is 0 Å². The number of ether oxygens (including phenoxy) is 1. The van der Waals surface area contributed by atoms with E-state index in [0.29, 0.717) is 5.56 Å². The van der Waals surface area contributed by atoms with Crippen molar-refractivity contribution in [3.05, 3.63) is 59.2 Å². The predicted molar refractivity (Wildman–Crippen MR) is 108 cm³/mol. The van der Waals surface area contributed by atoms with Crippen LogP contribution in [-0.4, -0.2) is 49.0 Å². The van der Waals surface area contributed by atoms with E-state index < -0.39 is 33.5 Å². The maximum atomic E-state index is 13.0. The van der Waals surface area contributed by atoms with Crippen LogP contribution in [0.15, 0.2) is 47.4 Å². The first-order valence-electron chi connectivity index (χ1n) is 9.64. The number of carbonyl (C=O) groups is 4. The van der Waals surface area contributed by atoms with Crippen molar-refractivity contribution in [2.45, 2.75) is 36.8 Å². The Morgan fingerprint density at radius 3 is 2.35 bits per heavy atom. The third-order valence-corrected chi connectivity index (χ3v) is 6.53. The Labute approximate surface area is 178 Å². The molecule has 1 atom stereocenters. The highest BCUT2D eigenvalue weighted by molar-refractivity contribution is 7.90. The molecule has 1 fully saturated rings. The molecule has 0 radical (unpaired) electrons. The number of rotatable bonds is 5. The van der Waals surface area contributed by atoms with Crippen LogP contribution in [0, 0.1) is 0 Å². The third-order valence-electron chi connectivity index (χ3n) is 5.41. The number of benzene rings is 2. The quantitative estimate of drug-likeness (QED) is 0.514. The van der Waals surface area contributed by atoms with Gasteiger partial charge in [0.25, 0.3) is 11.8 Å². The Hall–Kier alpha value is -3.33. The molecule has 31 heavy (non-hydrogen) atoms. The van der Waals surface area contributed by atoms with E-state index in [0.717, 1.165) is 11.2 Å². The summed E-state index contributed by atoms with van der Waals surface area (Å²) in [4.78, 5) is 50.8. The number of ketones is 2. The van der Waals surface area contributed by atoms with Crippen molar-refractivity contribution >= 4 is 33.2 Å². The van der Waals surface area contributed by atoms with Crippen LogP contribution in [0.2, 0.25) is 0 Å². The Kier molecular flexibility index (Phi) is 5.22. The van der Waals surface area contributed by atoms with E-state index in [-0.39, 0.29) is 53.4 Å². The van der Waals surface area contributed by atoms with Gasteiger partial charge < -0.3 is 4.74 Å². The summed E-state index contributed by atoms with van der Waals surface area (Å²) in [6.45, 7) is 0.0544. The average molecular weight is 441 g/mol. The van der Waals surface area contributed by atoms with Crippen molar-refractivity contribution in [2.24, 2.45) is 0 Å². The smallest absolute Gasteiger partial charge is 0.266 e. The summed E-state index contributed by atoms with van der Waals surface area (Å²) in [6, 6.07) is 9.86. The van der Waals surface area contributed by atoms with E-state index in [4.69, 9.17) is 4.74 Å². The van der Waals surface area contributed by atoms with Crippen LogP contribution in [0.1, 0.15) is 45.5 Å². The van der Waals surface area contributed by atoms with Crippen molar-refractivity contribution in [1.82, 2.24) is 4.90 Å². The molecule has 1 aliphatic heterocycles. The first kappa shape index (κ1) is 20.9. The number of nitrogens with zero attached hydrogens (tertiary/aromatic N) is 1. The molecule has 4 rings (SSSR count). The number of Topliss-reactive ketones (excluding diaryl/α,β-unsaturated/α-hetero) is 2. The van der Waals surface area contributed by atoms with Crippen LogP contribution < -0.4 is 4.74 Å². The van der Waals surface area contributed by atoms with Gasteiger partial charge in [-0.05, 0) is 36.2 Å². The van der Waals surface area contributed by atoms with Crippen molar-refractivity contribution < 1.29 is 32.3 Å². The second-order valence-electron chi connectivity index (χ2n) is 7.60. The van der Waals surface area contributed by atoms with E-state index in [2.05, 4.69) is 0 Å². The second kappa shape index (κ2) is 7.73. The molecule has 0 N–H and O–H groups in total. The van der Waals surface area contributed by atoms with Gasteiger partial charge in [0.15, 0.2) is 15.6 Å². The summed E-state index contributed by atoms with van der Waals surface area (Å²) in [6.07, 6.45) is 1.13. The van der Waals surface area contributed by atoms with Crippen molar-refractivity contribution in [3.8, 4) is 5.75 Å². The van der Waals surface area contributed by atoms with Gasteiger partial charge in [-0.25, -0.2) is 8.42 Å². The van der Waals surface area contributed by atoms with Gasteiger partial charge in [0.2, 0.25) is 0 Å². The molecule has 0 aromatic heterocycles. The highest BCUT2D eigenvalue weighted by atomic mass is 32.2. The predicted octanol–water partition coefficient (Wildman–Crippen LogP) is 1.96. The minimum Gasteiger partial charge on any atom is -0.488 e. The largest absolute Gasteiger partial charge is 0.488 e. The number of hydrogen-bond acceptors (Lipinski definition) is 7. The summed E-state index contributed by atoms with van der Waals surface area (Å²) in [5, 5.41) is 0. The maximum absolute atomic E-state index is 13.0. The zero-order valence-corrected chi connectivity index (χ0v) is 17.5. The van der Waals surface area contributed by atoms with Gasteiger partial charge in [-0.1, -0.05) is 18.2 Å². The summed E-state index contributed by atoms with van der Waals surface area (Å²) in [7, 11) is -3.31. The molecule has 160 valence electrons. The molecule has 2 amide bonds. The fourth-order valence-electron chi connectivity index (χ4n) is 3.80. The molecule has 1 aliphatic carbocycles. The molecule has 9 heteroatoms. The number of imide groups is 1. The molecule has 2 aromatic carbocycles. The lowest BCUT2D eigenvalue weighted by molar-refractivity contribution is -0.132. The molecule has 2 aliphatic rings. The summed E-state index contributed by atoms with van der Waals surface area (Å²) in [5.41, 5.74) is 0.921. The second-order valence-corrected chi connectivity index (χ2v) is 9.62. The van der Waals surface area contributed by atoms with Crippen LogP contribution in [0.5, 0.6) is 5.75 Å².